The summed E-state index contributed by atoms with van der Waals surface area (Å²) in [7, 11) is 0. The predicted molar refractivity (Wildman–Crippen MR) is 116 cm³/mol. The predicted octanol–water partition coefficient (Wildman–Crippen LogP) is 3.19. The number of nitrogens with zero attached hydrogens (tertiary/aromatic N) is 4. The molecule has 4 rings (SSSR count). The number of hydrogen-bond donors (Lipinski definition) is 0. The summed E-state index contributed by atoms with van der Waals surface area (Å²) in [6, 6.07) is 10.3. The van der Waals surface area contributed by atoms with Gasteiger partial charge in [0, 0.05) is 31.9 Å². The molecule has 164 valence electrons. The third-order valence-corrected chi connectivity index (χ3v) is 5.65. The van der Waals surface area contributed by atoms with Crippen LogP contribution in [0.5, 0.6) is 0 Å². The molecular formula is C23H26F2N4O2. The molecule has 31 heavy (non-hydrogen) atoms. The number of hydrogen-bond acceptors (Lipinski definition) is 3. The molecule has 0 bridgehead atoms. The minimum atomic E-state index is -0.575. The van der Waals surface area contributed by atoms with Crippen molar-refractivity contribution in [2.45, 2.75) is 32.9 Å². The van der Waals surface area contributed by atoms with Crippen LogP contribution in [-0.4, -0.2) is 46.3 Å². The highest BCUT2D eigenvalue weighted by Gasteiger charge is 2.27. The van der Waals surface area contributed by atoms with Crippen molar-refractivity contribution in [2.75, 3.05) is 31.1 Å². The number of aromatic nitrogens is 2. The molecule has 0 unspecified atom stereocenters. The number of halogens is 2. The first-order valence-electron chi connectivity index (χ1n) is 10.3. The molecule has 1 fully saturated rings. The van der Waals surface area contributed by atoms with Crippen molar-refractivity contribution in [1.82, 2.24) is 14.3 Å². The molecule has 6 nitrogen and oxygen atoms in total. The van der Waals surface area contributed by atoms with Crippen LogP contribution in [0.15, 0.2) is 47.3 Å². The van der Waals surface area contributed by atoms with E-state index >= 15 is 0 Å². The van der Waals surface area contributed by atoms with Crippen LogP contribution in [-0.2, 0) is 16.9 Å². The fourth-order valence-electron chi connectivity index (χ4n) is 4.15. The Morgan fingerprint density at radius 2 is 1.55 bits per heavy atom. The van der Waals surface area contributed by atoms with Gasteiger partial charge in [-0.25, -0.2) is 13.5 Å². The third-order valence-electron chi connectivity index (χ3n) is 5.65. The normalized spacial score (nSPS) is 15.0. The van der Waals surface area contributed by atoms with Crippen molar-refractivity contribution in [3.05, 3.63) is 64.5 Å². The number of benzene rings is 2. The van der Waals surface area contributed by atoms with E-state index in [1.165, 1.54) is 35.0 Å². The van der Waals surface area contributed by atoms with Crippen molar-refractivity contribution in [1.29, 1.82) is 0 Å². The fourth-order valence-corrected chi connectivity index (χ4v) is 4.15. The number of anilines is 1. The molecule has 1 amide bonds. The molecule has 1 aliphatic rings. The third kappa shape index (κ3) is 4.06. The fraction of sp³-hybridized carbons (Fsp3) is 0.391. The molecule has 0 N–H and O–H groups in total. The highest BCUT2D eigenvalue weighted by molar-refractivity contribution is 5.82. The zero-order valence-corrected chi connectivity index (χ0v) is 17.9. The molecular weight excluding hydrogens is 402 g/mol. The number of rotatable bonds is 3. The minimum Gasteiger partial charge on any atom is -0.368 e. The van der Waals surface area contributed by atoms with Gasteiger partial charge in [-0.15, -0.1) is 0 Å². The van der Waals surface area contributed by atoms with Crippen LogP contribution < -0.4 is 10.5 Å². The molecule has 0 radical (unpaired) electrons. The summed E-state index contributed by atoms with van der Waals surface area (Å²) in [6.07, 6.45) is 0. The summed E-state index contributed by atoms with van der Waals surface area (Å²) >= 11 is 0. The summed E-state index contributed by atoms with van der Waals surface area (Å²) < 4.78 is 30.2. The SMILES string of the molecule is CC(C)(C)n1c(=O)c2ccc(F)cc2n1CC(=O)N1CCN(c2ccc(F)cc2)CC1. The standard InChI is InChI=1S/C23H26F2N4O2/c1-23(2,3)29-22(31)19-9-6-17(25)14-20(19)28(29)15-21(30)27-12-10-26(11-13-27)18-7-4-16(24)5-8-18/h4-9,14H,10-13,15H2,1-3H3. The molecule has 0 saturated carbocycles. The first kappa shape index (κ1) is 21.1. The number of piperazine rings is 1. The van der Waals surface area contributed by atoms with Gasteiger partial charge in [0.05, 0.1) is 16.4 Å². The van der Waals surface area contributed by atoms with E-state index in [1.54, 1.807) is 21.7 Å². The Morgan fingerprint density at radius 3 is 2.16 bits per heavy atom. The lowest BCUT2D eigenvalue weighted by molar-refractivity contribution is -0.132. The second kappa shape index (κ2) is 7.83. The van der Waals surface area contributed by atoms with E-state index in [0.29, 0.717) is 37.1 Å². The highest BCUT2D eigenvalue weighted by Crippen LogP contribution is 2.21. The second-order valence-corrected chi connectivity index (χ2v) is 8.85. The molecule has 0 atom stereocenters. The molecule has 2 heterocycles. The molecule has 8 heteroatoms. The summed E-state index contributed by atoms with van der Waals surface area (Å²) in [5.41, 5.74) is 0.519. The van der Waals surface area contributed by atoms with Gasteiger partial charge in [-0.1, -0.05) is 0 Å². The zero-order chi connectivity index (χ0) is 22.3. The van der Waals surface area contributed by atoms with Gasteiger partial charge in [0.2, 0.25) is 5.91 Å². The van der Waals surface area contributed by atoms with Crippen LogP contribution in [0.2, 0.25) is 0 Å². The van der Waals surface area contributed by atoms with Crippen molar-refractivity contribution in [3.8, 4) is 0 Å². The Labute approximate surface area is 179 Å². The molecule has 0 aliphatic carbocycles. The maximum Gasteiger partial charge on any atom is 0.275 e. The first-order chi connectivity index (χ1) is 14.6. The van der Waals surface area contributed by atoms with Gasteiger partial charge in [0.1, 0.15) is 18.2 Å². The first-order valence-corrected chi connectivity index (χ1v) is 10.3. The van der Waals surface area contributed by atoms with E-state index in [2.05, 4.69) is 4.90 Å². The van der Waals surface area contributed by atoms with Gasteiger partial charge >= 0.3 is 0 Å². The average molecular weight is 428 g/mol. The van der Waals surface area contributed by atoms with Gasteiger partial charge < -0.3 is 9.80 Å². The Morgan fingerprint density at radius 1 is 0.935 bits per heavy atom. The van der Waals surface area contributed by atoms with E-state index in [0.717, 1.165) is 5.69 Å². The average Bonchev–Trinajstić information content (AvgIpc) is 2.99. The van der Waals surface area contributed by atoms with E-state index in [4.69, 9.17) is 0 Å². The van der Waals surface area contributed by atoms with Gasteiger partial charge in [0.25, 0.3) is 5.56 Å². The molecule has 0 spiro atoms. The molecule has 1 aromatic heterocycles. The van der Waals surface area contributed by atoms with Crippen LogP contribution in [0.4, 0.5) is 14.5 Å². The van der Waals surface area contributed by atoms with Crippen LogP contribution >= 0.6 is 0 Å². The van der Waals surface area contributed by atoms with Crippen LogP contribution in [0.3, 0.4) is 0 Å². The maximum atomic E-state index is 13.9. The van der Waals surface area contributed by atoms with Gasteiger partial charge in [0.15, 0.2) is 0 Å². The zero-order valence-electron chi connectivity index (χ0n) is 17.9. The summed E-state index contributed by atoms with van der Waals surface area (Å²) in [6.45, 7) is 7.89. The minimum absolute atomic E-state index is 0.0456. The summed E-state index contributed by atoms with van der Waals surface area (Å²) in [5, 5.41) is 0.394. The van der Waals surface area contributed by atoms with Gasteiger partial charge in [-0.05, 0) is 63.2 Å². The van der Waals surface area contributed by atoms with Crippen molar-refractivity contribution in [3.63, 3.8) is 0 Å². The quantitative estimate of drug-likeness (QED) is 0.644. The number of fused-ring (bicyclic) bond motifs is 1. The lowest BCUT2D eigenvalue weighted by Gasteiger charge is -2.36. The molecule has 3 aromatic rings. The maximum absolute atomic E-state index is 13.9. The summed E-state index contributed by atoms with van der Waals surface area (Å²) in [4.78, 5) is 29.9. The largest absolute Gasteiger partial charge is 0.368 e. The van der Waals surface area contributed by atoms with Gasteiger partial charge in [-0.2, -0.15) is 0 Å². The Bertz CT molecular complexity index is 1170. The van der Waals surface area contributed by atoms with Crippen molar-refractivity contribution >= 4 is 22.5 Å². The highest BCUT2D eigenvalue weighted by atomic mass is 19.1. The van der Waals surface area contributed by atoms with Crippen LogP contribution in [0.25, 0.3) is 10.9 Å². The number of carbonyl (C=O) groups excluding carboxylic acids is 1. The molecule has 2 aromatic carbocycles. The number of amides is 1. The smallest absolute Gasteiger partial charge is 0.275 e. The Balaban J connectivity index is 1.56. The second-order valence-electron chi connectivity index (χ2n) is 8.85. The van der Waals surface area contributed by atoms with E-state index < -0.39 is 11.4 Å². The Kier molecular flexibility index (Phi) is 5.33. The monoisotopic (exact) mass is 428 g/mol. The number of carbonyl (C=O) groups is 1. The van der Waals surface area contributed by atoms with Crippen LogP contribution in [0, 0.1) is 11.6 Å². The van der Waals surface area contributed by atoms with E-state index in [-0.39, 0.29) is 23.8 Å². The van der Waals surface area contributed by atoms with Crippen molar-refractivity contribution < 1.29 is 13.6 Å². The lowest BCUT2D eigenvalue weighted by atomic mass is 10.1. The topological polar surface area (TPSA) is 50.5 Å². The molecule has 1 saturated heterocycles. The lowest BCUT2D eigenvalue weighted by Crippen LogP contribution is -2.50. The van der Waals surface area contributed by atoms with Gasteiger partial charge in [-0.3, -0.25) is 14.3 Å². The van der Waals surface area contributed by atoms with Crippen LogP contribution in [0.1, 0.15) is 20.8 Å². The van der Waals surface area contributed by atoms with Crippen molar-refractivity contribution in [2.24, 2.45) is 0 Å². The van der Waals surface area contributed by atoms with E-state index in [1.807, 2.05) is 20.8 Å². The molecule has 1 aliphatic heterocycles. The summed E-state index contributed by atoms with van der Waals surface area (Å²) in [5.74, 6) is -0.858. The van der Waals surface area contributed by atoms with E-state index in [9.17, 15) is 18.4 Å². The Hall–Kier alpha value is -3.16.